The molecule has 7 heteroatoms. The van der Waals surface area contributed by atoms with Gasteiger partial charge in [0.25, 0.3) is 5.91 Å². The molecule has 0 unspecified atom stereocenters. The molecule has 3 aromatic carbocycles. The van der Waals surface area contributed by atoms with Crippen LogP contribution in [-0.4, -0.2) is 36.4 Å². The first kappa shape index (κ1) is 23.6. The summed E-state index contributed by atoms with van der Waals surface area (Å²) in [6.45, 7) is -0.158. The number of amides is 2. The van der Waals surface area contributed by atoms with E-state index in [9.17, 15) is 9.59 Å². The summed E-state index contributed by atoms with van der Waals surface area (Å²) in [4.78, 5) is 27.7. The molecule has 1 N–H and O–H groups in total. The number of nitrogens with one attached hydrogen (secondary N) is 1. The van der Waals surface area contributed by atoms with Crippen LogP contribution in [-0.2, 0) is 22.6 Å². The second-order valence-electron chi connectivity index (χ2n) is 7.14. The minimum Gasteiger partial charge on any atom is -0.484 e. The van der Waals surface area contributed by atoms with Gasteiger partial charge in [-0.1, -0.05) is 77.8 Å². The van der Waals surface area contributed by atoms with Crippen molar-refractivity contribution in [3.05, 3.63) is 100 Å². The van der Waals surface area contributed by atoms with Crippen LogP contribution >= 0.6 is 23.2 Å². The number of halogens is 2. The summed E-state index contributed by atoms with van der Waals surface area (Å²) in [6.07, 6.45) is 0.333. The lowest BCUT2D eigenvalue weighted by molar-refractivity contribution is -0.142. The summed E-state index contributed by atoms with van der Waals surface area (Å²) < 4.78 is 5.67. The Morgan fingerprint density at radius 2 is 1.50 bits per heavy atom. The van der Waals surface area contributed by atoms with Crippen molar-refractivity contribution in [2.45, 2.75) is 19.0 Å². The first-order valence-corrected chi connectivity index (χ1v) is 10.9. The van der Waals surface area contributed by atoms with Gasteiger partial charge in [-0.3, -0.25) is 9.59 Å². The van der Waals surface area contributed by atoms with Gasteiger partial charge in [-0.2, -0.15) is 0 Å². The van der Waals surface area contributed by atoms with Crippen LogP contribution < -0.4 is 10.1 Å². The monoisotopic (exact) mass is 470 g/mol. The average Bonchev–Trinajstić information content (AvgIpc) is 2.82. The number of hydrogen-bond acceptors (Lipinski definition) is 3. The fourth-order valence-corrected chi connectivity index (χ4v) is 3.84. The van der Waals surface area contributed by atoms with Crippen molar-refractivity contribution in [3.8, 4) is 5.75 Å². The lowest BCUT2D eigenvalue weighted by atomic mass is 10.0. The number of para-hydroxylation sites is 1. The van der Waals surface area contributed by atoms with Crippen molar-refractivity contribution >= 4 is 35.0 Å². The van der Waals surface area contributed by atoms with Gasteiger partial charge in [-0.05, 0) is 29.8 Å². The molecule has 0 aliphatic rings. The van der Waals surface area contributed by atoms with Gasteiger partial charge >= 0.3 is 0 Å². The second-order valence-corrected chi connectivity index (χ2v) is 7.96. The van der Waals surface area contributed by atoms with Crippen molar-refractivity contribution in [2.75, 3.05) is 13.7 Å². The highest BCUT2D eigenvalue weighted by Gasteiger charge is 2.31. The van der Waals surface area contributed by atoms with Crippen LogP contribution in [0.25, 0.3) is 0 Å². The van der Waals surface area contributed by atoms with Crippen LogP contribution in [0.3, 0.4) is 0 Å². The summed E-state index contributed by atoms with van der Waals surface area (Å²) in [5, 5.41) is 3.52. The molecule has 0 aromatic heterocycles. The standard InChI is InChI=1S/C25H24Cl2N2O3/c1-28-25(31)23(15-18-9-4-2-5-10-18)29(16-20-21(26)13-8-14-22(20)27)24(30)17-32-19-11-6-3-7-12-19/h2-14,23H,15-17H2,1H3,(H,28,31)/t23-/m0/s1. The quantitative estimate of drug-likeness (QED) is 0.490. The van der Waals surface area contributed by atoms with Crippen molar-refractivity contribution < 1.29 is 14.3 Å². The number of benzene rings is 3. The van der Waals surface area contributed by atoms with Gasteiger partial charge in [0.2, 0.25) is 5.91 Å². The van der Waals surface area contributed by atoms with Crippen LogP contribution in [0.15, 0.2) is 78.9 Å². The number of carbonyl (C=O) groups excluding carboxylic acids is 2. The fraction of sp³-hybridized carbons (Fsp3) is 0.200. The fourth-order valence-electron chi connectivity index (χ4n) is 3.32. The maximum Gasteiger partial charge on any atom is 0.261 e. The minimum atomic E-state index is -0.776. The van der Waals surface area contributed by atoms with E-state index < -0.39 is 6.04 Å². The molecule has 32 heavy (non-hydrogen) atoms. The summed E-state index contributed by atoms with van der Waals surface area (Å²) in [6, 6.07) is 22.9. The zero-order valence-corrected chi connectivity index (χ0v) is 19.1. The lowest BCUT2D eigenvalue weighted by Gasteiger charge is -2.31. The Morgan fingerprint density at radius 1 is 0.906 bits per heavy atom. The van der Waals surface area contributed by atoms with E-state index in [-0.39, 0.29) is 25.0 Å². The molecule has 0 aliphatic heterocycles. The predicted molar refractivity (Wildman–Crippen MR) is 127 cm³/mol. The largest absolute Gasteiger partial charge is 0.484 e. The van der Waals surface area contributed by atoms with E-state index >= 15 is 0 Å². The van der Waals surface area contributed by atoms with E-state index in [4.69, 9.17) is 27.9 Å². The molecule has 5 nitrogen and oxygen atoms in total. The van der Waals surface area contributed by atoms with Gasteiger partial charge in [0.05, 0.1) is 0 Å². The zero-order valence-electron chi connectivity index (χ0n) is 17.6. The van der Waals surface area contributed by atoms with Crippen LogP contribution in [0.1, 0.15) is 11.1 Å². The number of nitrogens with zero attached hydrogens (tertiary/aromatic N) is 1. The zero-order chi connectivity index (χ0) is 22.9. The Bertz CT molecular complexity index is 1030. The highest BCUT2D eigenvalue weighted by molar-refractivity contribution is 6.36. The van der Waals surface area contributed by atoms with Gasteiger partial charge in [-0.25, -0.2) is 0 Å². The van der Waals surface area contributed by atoms with E-state index in [1.165, 1.54) is 4.90 Å². The van der Waals surface area contributed by atoms with E-state index in [0.717, 1.165) is 5.56 Å². The molecule has 0 heterocycles. The molecular weight excluding hydrogens is 447 g/mol. The van der Waals surface area contributed by atoms with Crippen molar-refractivity contribution in [1.29, 1.82) is 0 Å². The summed E-state index contributed by atoms with van der Waals surface area (Å²) in [5.41, 5.74) is 1.50. The van der Waals surface area contributed by atoms with Crippen LogP contribution in [0.5, 0.6) is 5.75 Å². The normalized spacial score (nSPS) is 11.5. The second kappa shape index (κ2) is 11.6. The van der Waals surface area contributed by atoms with E-state index in [2.05, 4.69) is 5.32 Å². The highest BCUT2D eigenvalue weighted by atomic mass is 35.5. The summed E-state index contributed by atoms with van der Waals surface area (Å²) >= 11 is 12.8. The summed E-state index contributed by atoms with van der Waals surface area (Å²) in [7, 11) is 1.55. The van der Waals surface area contributed by atoms with Gasteiger partial charge in [0.15, 0.2) is 6.61 Å². The van der Waals surface area contributed by atoms with Gasteiger partial charge < -0.3 is 15.0 Å². The number of hydrogen-bond donors (Lipinski definition) is 1. The van der Waals surface area contributed by atoms with Gasteiger partial charge in [-0.15, -0.1) is 0 Å². The third-order valence-electron chi connectivity index (χ3n) is 5.01. The lowest BCUT2D eigenvalue weighted by Crippen LogP contribution is -2.51. The SMILES string of the molecule is CNC(=O)[C@H](Cc1ccccc1)N(Cc1c(Cl)cccc1Cl)C(=O)COc1ccccc1. The Morgan fingerprint density at radius 3 is 2.09 bits per heavy atom. The molecule has 0 saturated carbocycles. The molecule has 1 atom stereocenters. The Hall–Kier alpha value is -3.02. The summed E-state index contributed by atoms with van der Waals surface area (Å²) in [5.74, 6) is -0.0735. The third-order valence-corrected chi connectivity index (χ3v) is 5.72. The number of ether oxygens (including phenoxy) is 1. The van der Waals surface area contributed by atoms with Crippen molar-refractivity contribution in [2.24, 2.45) is 0 Å². The van der Waals surface area contributed by atoms with Crippen LogP contribution in [0.2, 0.25) is 10.0 Å². The number of rotatable bonds is 9. The molecule has 0 spiro atoms. The minimum absolute atomic E-state index is 0.0699. The molecule has 166 valence electrons. The number of carbonyl (C=O) groups is 2. The molecule has 2 amide bonds. The third kappa shape index (κ3) is 6.25. The molecule has 3 rings (SSSR count). The molecule has 3 aromatic rings. The molecule has 0 radical (unpaired) electrons. The van der Waals surface area contributed by atoms with E-state index in [1.807, 2.05) is 48.5 Å². The van der Waals surface area contributed by atoms with Crippen LogP contribution in [0.4, 0.5) is 0 Å². The molecule has 0 fully saturated rings. The maximum atomic E-state index is 13.3. The first-order valence-electron chi connectivity index (χ1n) is 10.2. The topological polar surface area (TPSA) is 58.6 Å². The van der Waals surface area contributed by atoms with Crippen molar-refractivity contribution in [1.82, 2.24) is 10.2 Å². The smallest absolute Gasteiger partial charge is 0.261 e. The molecule has 0 saturated heterocycles. The average molecular weight is 471 g/mol. The number of likely N-dealkylation sites (N-methyl/N-ethyl adjacent to an activating group) is 1. The van der Waals surface area contributed by atoms with Crippen molar-refractivity contribution in [3.63, 3.8) is 0 Å². The first-order chi connectivity index (χ1) is 15.5. The van der Waals surface area contributed by atoms with Gasteiger partial charge in [0.1, 0.15) is 11.8 Å². The maximum absolute atomic E-state index is 13.3. The Kier molecular flexibility index (Phi) is 8.54. The highest BCUT2D eigenvalue weighted by Crippen LogP contribution is 2.27. The molecular formula is C25H24Cl2N2O3. The van der Waals surface area contributed by atoms with E-state index in [1.54, 1.807) is 37.4 Å². The Balaban J connectivity index is 1.92. The van der Waals surface area contributed by atoms with Gasteiger partial charge in [0, 0.05) is 35.6 Å². The molecule has 0 aliphatic carbocycles. The molecule has 0 bridgehead atoms. The Labute approximate surface area is 197 Å². The van der Waals surface area contributed by atoms with Crippen LogP contribution in [0, 0.1) is 0 Å². The van der Waals surface area contributed by atoms with E-state index in [0.29, 0.717) is 27.8 Å². The predicted octanol–water partition coefficient (Wildman–Crippen LogP) is 4.76.